The van der Waals surface area contributed by atoms with E-state index in [9.17, 15) is 4.79 Å². The van der Waals surface area contributed by atoms with Crippen molar-refractivity contribution in [2.24, 2.45) is 5.92 Å². The molecular formula is C16H23NO3. The smallest absolute Gasteiger partial charge is 0.161 e. The first-order valence-electron chi connectivity index (χ1n) is 7.07. The van der Waals surface area contributed by atoms with Crippen LogP contribution in [0.25, 0.3) is 0 Å². The summed E-state index contributed by atoms with van der Waals surface area (Å²) in [5.74, 6) is 1.71. The van der Waals surface area contributed by atoms with E-state index in [2.05, 4.69) is 11.8 Å². The van der Waals surface area contributed by atoms with Gasteiger partial charge in [0.25, 0.3) is 0 Å². The van der Waals surface area contributed by atoms with Gasteiger partial charge in [-0.1, -0.05) is 0 Å². The zero-order valence-corrected chi connectivity index (χ0v) is 12.5. The Hall–Kier alpha value is -1.55. The summed E-state index contributed by atoms with van der Waals surface area (Å²) >= 11 is 0. The number of carbonyl (C=O) groups excluding carboxylic acids is 1. The van der Waals surface area contributed by atoms with Gasteiger partial charge in [0.1, 0.15) is 6.29 Å². The number of ether oxygens (including phenoxy) is 2. The van der Waals surface area contributed by atoms with Crippen molar-refractivity contribution in [2.45, 2.75) is 26.3 Å². The molecule has 1 aromatic rings. The average molecular weight is 277 g/mol. The number of piperidine rings is 1. The number of nitrogens with zero attached hydrogens (tertiary/aromatic N) is 1. The molecule has 0 aliphatic carbocycles. The Morgan fingerprint density at radius 3 is 2.65 bits per heavy atom. The highest BCUT2D eigenvalue weighted by atomic mass is 16.5. The molecule has 0 bridgehead atoms. The van der Waals surface area contributed by atoms with Gasteiger partial charge >= 0.3 is 0 Å². The highest BCUT2D eigenvalue weighted by Gasteiger charge is 2.20. The molecule has 20 heavy (non-hydrogen) atoms. The largest absolute Gasteiger partial charge is 0.493 e. The van der Waals surface area contributed by atoms with Gasteiger partial charge in [0.15, 0.2) is 11.5 Å². The van der Waals surface area contributed by atoms with Crippen molar-refractivity contribution < 1.29 is 14.3 Å². The topological polar surface area (TPSA) is 38.8 Å². The van der Waals surface area contributed by atoms with Crippen molar-refractivity contribution in [3.05, 3.63) is 23.3 Å². The van der Waals surface area contributed by atoms with Crippen molar-refractivity contribution in [1.29, 1.82) is 0 Å². The fourth-order valence-electron chi connectivity index (χ4n) is 2.78. The molecule has 4 nitrogen and oxygen atoms in total. The lowest BCUT2D eigenvalue weighted by Gasteiger charge is -2.30. The van der Waals surface area contributed by atoms with Crippen molar-refractivity contribution >= 4 is 6.29 Å². The van der Waals surface area contributed by atoms with Crippen LogP contribution in [0.2, 0.25) is 0 Å². The first kappa shape index (κ1) is 14.9. The lowest BCUT2D eigenvalue weighted by atomic mass is 9.98. The van der Waals surface area contributed by atoms with Gasteiger partial charge in [0.05, 0.1) is 14.2 Å². The number of carbonyl (C=O) groups is 1. The molecule has 0 radical (unpaired) electrons. The Morgan fingerprint density at radius 1 is 1.30 bits per heavy atom. The minimum absolute atomic E-state index is 0.184. The van der Waals surface area contributed by atoms with Crippen LogP contribution in [-0.4, -0.2) is 38.5 Å². The molecule has 1 aliphatic heterocycles. The fraction of sp³-hybridized carbons (Fsp3) is 0.562. The predicted molar refractivity (Wildman–Crippen MR) is 78.3 cm³/mol. The van der Waals surface area contributed by atoms with Crippen molar-refractivity contribution in [2.75, 3.05) is 27.3 Å². The molecule has 0 amide bonds. The Bertz CT molecular complexity index is 473. The SMILES string of the molecule is COc1cc(C)c(CN2CCCC(C=O)C2)cc1OC. The molecule has 1 heterocycles. The van der Waals surface area contributed by atoms with Gasteiger partial charge in [0.2, 0.25) is 0 Å². The second-order valence-electron chi connectivity index (χ2n) is 5.41. The molecule has 1 aromatic carbocycles. The first-order chi connectivity index (χ1) is 9.67. The minimum Gasteiger partial charge on any atom is -0.493 e. The van der Waals surface area contributed by atoms with E-state index >= 15 is 0 Å². The molecule has 0 saturated carbocycles. The standard InChI is InChI=1S/C16H23NO3/c1-12-7-15(19-2)16(20-3)8-14(12)10-17-6-4-5-13(9-17)11-18/h7-8,11,13H,4-6,9-10H2,1-3H3. The van der Waals surface area contributed by atoms with E-state index < -0.39 is 0 Å². The third-order valence-corrected chi connectivity index (χ3v) is 3.97. The first-order valence-corrected chi connectivity index (χ1v) is 7.07. The van der Waals surface area contributed by atoms with E-state index in [0.29, 0.717) is 0 Å². The Morgan fingerprint density at radius 2 is 2.00 bits per heavy atom. The van der Waals surface area contributed by atoms with Gasteiger partial charge in [-0.05, 0) is 49.6 Å². The van der Waals surface area contributed by atoms with E-state index in [1.165, 1.54) is 11.1 Å². The second-order valence-corrected chi connectivity index (χ2v) is 5.41. The highest BCUT2D eigenvalue weighted by molar-refractivity contribution is 5.54. The summed E-state index contributed by atoms with van der Waals surface area (Å²) in [7, 11) is 3.30. The monoisotopic (exact) mass is 277 g/mol. The van der Waals surface area contributed by atoms with Gasteiger partial charge in [-0.15, -0.1) is 0 Å². The fourth-order valence-corrected chi connectivity index (χ4v) is 2.78. The lowest BCUT2D eigenvalue weighted by Crippen LogP contribution is -2.35. The Labute approximate surface area is 120 Å². The molecule has 0 aromatic heterocycles. The average Bonchev–Trinajstić information content (AvgIpc) is 2.49. The molecule has 1 unspecified atom stereocenters. The summed E-state index contributed by atoms with van der Waals surface area (Å²) in [6, 6.07) is 4.05. The zero-order valence-electron chi connectivity index (χ0n) is 12.5. The van der Waals surface area contributed by atoms with Crippen LogP contribution in [0.4, 0.5) is 0 Å². The number of aldehydes is 1. The molecule has 1 aliphatic rings. The number of aryl methyl sites for hydroxylation is 1. The van der Waals surface area contributed by atoms with E-state index in [1.54, 1.807) is 14.2 Å². The quantitative estimate of drug-likeness (QED) is 0.775. The Balaban J connectivity index is 2.14. The molecule has 4 heteroatoms. The summed E-state index contributed by atoms with van der Waals surface area (Å²) in [4.78, 5) is 13.3. The molecule has 0 N–H and O–H groups in total. The maximum atomic E-state index is 10.9. The van der Waals surface area contributed by atoms with Gasteiger partial charge in [-0.2, -0.15) is 0 Å². The number of benzene rings is 1. The molecule has 2 rings (SSSR count). The zero-order chi connectivity index (χ0) is 14.5. The van der Waals surface area contributed by atoms with Crippen molar-refractivity contribution in [3.8, 4) is 11.5 Å². The van der Waals surface area contributed by atoms with E-state index in [4.69, 9.17) is 9.47 Å². The lowest BCUT2D eigenvalue weighted by molar-refractivity contribution is -0.112. The van der Waals surface area contributed by atoms with Crippen LogP contribution >= 0.6 is 0 Å². The van der Waals surface area contributed by atoms with Crippen LogP contribution in [0.1, 0.15) is 24.0 Å². The van der Waals surface area contributed by atoms with Crippen LogP contribution in [-0.2, 0) is 11.3 Å². The van der Waals surface area contributed by atoms with E-state index in [1.807, 2.05) is 12.1 Å². The summed E-state index contributed by atoms with van der Waals surface area (Å²) in [5, 5.41) is 0. The van der Waals surface area contributed by atoms with Crippen LogP contribution in [0.15, 0.2) is 12.1 Å². The summed E-state index contributed by atoms with van der Waals surface area (Å²) in [5.41, 5.74) is 2.42. The third-order valence-electron chi connectivity index (χ3n) is 3.97. The third kappa shape index (κ3) is 3.31. The predicted octanol–water partition coefficient (Wildman–Crippen LogP) is 2.42. The van der Waals surface area contributed by atoms with Gasteiger partial charge in [-0.25, -0.2) is 0 Å². The molecule has 0 spiro atoms. The Kier molecular flexibility index (Phi) is 5.01. The molecule has 1 fully saturated rings. The number of hydrogen-bond acceptors (Lipinski definition) is 4. The second kappa shape index (κ2) is 6.75. The van der Waals surface area contributed by atoms with Crippen molar-refractivity contribution in [3.63, 3.8) is 0 Å². The van der Waals surface area contributed by atoms with Crippen LogP contribution < -0.4 is 9.47 Å². The normalized spacial score (nSPS) is 19.6. The maximum Gasteiger partial charge on any atom is 0.161 e. The summed E-state index contributed by atoms with van der Waals surface area (Å²) < 4.78 is 10.7. The highest BCUT2D eigenvalue weighted by Crippen LogP contribution is 2.31. The molecular weight excluding hydrogens is 254 g/mol. The van der Waals surface area contributed by atoms with Gasteiger partial charge in [0, 0.05) is 19.0 Å². The van der Waals surface area contributed by atoms with Crippen LogP contribution in [0, 0.1) is 12.8 Å². The summed E-state index contributed by atoms with van der Waals surface area (Å²) in [6.07, 6.45) is 3.20. The van der Waals surface area contributed by atoms with Crippen LogP contribution in [0.5, 0.6) is 11.5 Å². The van der Waals surface area contributed by atoms with Crippen molar-refractivity contribution in [1.82, 2.24) is 4.90 Å². The number of hydrogen-bond donors (Lipinski definition) is 0. The van der Waals surface area contributed by atoms with Crippen LogP contribution in [0.3, 0.4) is 0 Å². The number of rotatable bonds is 5. The van der Waals surface area contributed by atoms with E-state index in [0.717, 1.165) is 50.3 Å². The molecule has 110 valence electrons. The number of methoxy groups -OCH3 is 2. The number of likely N-dealkylation sites (tertiary alicyclic amines) is 1. The summed E-state index contributed by atoms with van der Waals surface area (Å²) in [6.45, 7) is 4.85. The molecule has 1 atom stereocenters. The van der Waals surface area contributed by atoms with Gasteiger partial charge < -0.3 is 14.3 Å². The van der Waals surface area contributed by atoms with Gasteiger partial charge in [-0.3, -0.25) is 4.90 Å². The minimum atomic E-state index is 0.184. The van der Waals surface area contributed by atoms with E-state index in [-0.39, 0.29) is 5.92 Å². The molecule has 1 saturated heterocycles. The maximum absolute atomic E-state index is 10.9.